The Labute approximate surface area is 180 Å². The lowest BCUT2D eigenvalue weighted by Gasteiger charge is -2.20. The number of carbonyl (C=O) groups excluding carboxylic acids is 1. The Kier molecular flexibility index (Phi) is 7.01. The van der Waals surface area contributed by atoms with Crippen molar-refractivity contribution >= 4 is 16.7 Å². The molecule has 0 aliphatic carbocycles. The summed E-state index contributed by atoms with van der Waals surface area (Å²) in [5, 5.41) is 1.23. The first-order valence-electron chi connectivity index (χ1n) is 11.7. The van der Waals surface area contributed by atoms with Crippen LogP contribution in [0.4, 0.5) is 0 Å². The summed E-state index contributed by atoms with van der Waals surface area (Å²) in [6.45, 7) is 6.67. The zero-order valence-corrected chi connectivity index (χ0v) is 18.3. The molecule has 0 N–H and O–H groups in total. The Morgan fingerprint density at radius 2 is 1.90 bits per heavy atom. The lowest BCUT2D eigenvalue weighted by atomic mass is 9.96. The molecule has 2 heterocycles. The molecule has 4 rings (SSSR count). The second-order valence-corrected chi connectivity index (χ2v) is 8.59. The van der Waals surface area contributed by atoms with Gasteiger partial charge in [-0.3, -0.25) is 4.79 Å². The molecular formula is C27H34N2O. The molecule has 1 aromatic heterocycles. The number of nitrogens with zero attached hydrogens (tertiary/aromatic N) is 2. The molecule has 1 aliphatic rings. The van der Waals surface area contributed by atoms with Gasteiger partial charge in [0, 0.05) is 36.7 Å². The smallest absolute Gasteiger partial charge is 0.162 e. The van der Waals surface area contributed by atoms with Gasteiger partial charge in [-0.05, 0) is 74.5 Å². The zero-order valence-electron chi connectivity index (χ0n) is 18.3. The monoisotopic (exact) mass is 402 g/mol. The van der Waals surface area contributed by atoms with Gasteiger partial charge in [0.2, 0.25) is 0 Å². The Morgan fingerprint density at radius 3 is 2.73 bits per heavy atom. The number of rotatable bonds is 11. The van der Waals surface area contributed by atoms with E-state index in [1.165, 1.54) is 34.9 Å². The third-order valence-corrected chi connectivity index (χ3v) is 6.49. The summed E-state index contributed by atoms with van der Waals surface area (Å²) in [6.07, 6.45) is 9.50. The van der Waals surface area contributed by atoms with Crippen molar-refractivity contribution in [3.8, 4) is 0 Å². The van der Waals surface area contributed by atoms with Gasteiger partial charge in [0.15, 0.2) is 5.78 Å². The van der Waals surface area contributed by atoms with Crippen LogP contribution in [0, 0.1) is 0 Å². The first-order chi connectivity index (χ1) is 14.7. The number of hydrogen-bond acceptors (Lipinski definition) is 2. The van der Waals surface area contributed by atoms with E-state index in [0.29, 0.717) is 12.2 Å². The molecule has 3 nitrogen and oxygen atoms in total. The Morgan fingerprint density at radius 1 is 1.03 bits per heavy atom. The van der Waals surface area contributed by atoms with Crippen LogP contribution in [0.2, 0.25) is 0 Å². The van der Waals surface area contributed by atoms with Gasteiger partial charge in [-0.1, -0.05) is 43.7 Å². The molecule has 0 bridgehead atoms. The molecule has 1 aliphatic heterocycles. The zero-order chi connectivity index (χ0) is 20.8. The average molecular weight is 403 g/mol. The highest BCUT2D eigenvalue weighted by Gasteiger charge is 2.16. The van der Waals surface area contributed by atoms with E-state index in [1.807, 2.05) is 0 Å². The molecule has 3 heteroatoms. The summed E-state index contributed by atoms with van der Waals surface area (Å²) in [7, 11) is 0. The van der Waals surface area contributed by atoms with Crippen molar-refractivity contribution in [2.75, 3.05) is 19.6 Å². The predicted octanol–water partition coefficient (Wildman–Crippen LogP) is 5.90. The van der Waals surface area contributed by atoms with Gasteiger partial charge in [0.25, 0.3) is 0 Å². The number of likely N-dealkylation sites (N-methyl/N-ethyl adjacent to an activating group) is 1. The largest absolute Gasteiger partial charge is 0.347 e. The summed E-state index contributed by atoms with van der Waals surface area (Å²) >= 11 is 0. The van der Waals surface area contributed by atoms with E-state index in [1.54, 1.807) is 0 Å². The quantitative estimate of drug-likeness (QED) is 0.295. The van der Waals surface area contributed by atoms with Gasteiger partial charge in [-0.25, -0.2) is 0 Å². The third-order valence-electron chi connectivity index (χ3n) is 6.49. The van der Waals surface area contributed by atoms with E-state index in [-0.39, 0.29) is 0 Å². The van der Waals surface area contributed by atoms with Crippen molar-refractivity contribution in [2.45, 2.75) is 58.4 Å². The number of hydrogen-bond donors (Lipinski definition) is 0. The van der Waals surface area contributed by atoms with Crippen LogP contribution in [0.25, 0.3) is 10.9 Å². The molecule has 0 radical (unpaired) electrons. The van der Waals surface area contributed by atoms with E-state index >= 15 is 0 Å². The van der Waals surface area contributed by atoms with Crippen LogP contribution in [0.5, 0.6) is 0 Å². The van der Waals surface area contributed by atoms with Crippen LogP contribution in [-0.2, 0) is 19.4 Å². The summed E-state index contributed by atoms with van der Waals surface area (Å²) in [5.41, 5.74) is 5.01. The van der Waals surface area contributed by atoms with Crippen LogP contribution < -0.4 is 0 Å². The highest BCUT2D eigenvalue weighted by molar-refractivity contribution is 6.00. The maximum Gasteiger partial charge on any atom is 0.162 e. The number of unbranched alkanes of at least 4 members (excludes halogenated alkanes) is 2. The van der Waals surface area contributed by atoms with Gasteiger partial charge in [-0.2, -0.15) is 0 Å². The van der Waals surface area contributed by atoms with Gasteiger partial charge in [-0.15, -0.1) is 0 Å². The van der Waals surface area contributed by atoms with Crippen molar-refractivity contribution in [3.05, 3.63) is 71.4 Å². The first-order valence-corrected chi connectivity index (χ1v) is 11.7. The van der Waals surface area contributed by atoms with Crippen molar-refractivity contribution in [1.29, 1.82) is 0 Å². The van der Waals surface area contributed by atoms with Gasteiger partial charge in [0.05, 0.1) is 5.52 Å². The summed E-state index contributed by atoms with van der Waals surface area (Å²) < 4.78 is 2.33. The molecule has 158 valence electrons. The molecule has 30 heavy (non-hydrogen) atoms. The molecule has 0 atom stereocenters. The normalized spacial score (nSPS) is 13.3. The minimum absolute atomic E-state index is 0.308. The van der Waals surface area contributed by atoms with Crippen molar-refractivity contribution < 1.29 is 4.79 Å². The van der Waals surface area contributed by atoms with E-state index < -0.39 is 0 Å². The summed E-state index contributed by atoms with van der Waals surface area (Å²) in [5.74, 6) is 0.308. The van der Waals surface area contributed by atoms with E-state index in [4.69, 9.17) is 0 Å². The van der Waals surface area contributed by atoms with Crippen LogP contribution in [-0.4, -0.2) is 34.9 Å². The van der Waals surface area contributed by atoms with E-state index in [0.717, 1.165) is 57.4 Å². The highest BCUT2D eigenvalue weighted by Crippen LogP contribution is 2.28. The Hall–Kier alpha value is -2.39. The molecule has 0 unspecified atom stereocenters. The fourth-order valence-electron chi connectivity index (χ4n) is 4.72. The molecule has 2 aromatic carbocycles. The van der Waals surface area contributed by atoms with Gasteiger partial charge < -0.3 is 9.47 Å². The molecule has 0 saturated heterocycles. The number of ketones is 1. The number of carbonyl (C=O) groups is 1. The number of benzene rings is 2. The number of Topliss-reactive ketones (excluding diaryl/α,β-unsaturated/α-hetero) is 1. The highest BCUT2D eigenvalue weighted by atomic mass is 16.1. The molecule has 0 fully saturated rings. The van der Waals surface area contributed by atoms with Crippen molar-refractivity contribution in [3.63, 3.8) is 0 Å². The molecule has 3 aromatic rings. The SMILES string of the molecule is CCN(CCCCCC(=O)c1cc2c3c(ccn3CCC2)c1)CCc1ccccc1. The molecule has 0 amide bonds. The topological polar surface area (TPSA) is 25.2 Å². The summed E-state index contributed by atoms with van der Waals surface area (Å²) in [6, 6.07) is 17.1. The van der Waals surface area contributed by atoms with Crippen LogP contribution in [0.1, 0.15) is 60.5 Å². The minimum Gasteiger partial charge on any atom is -0.347 e. The third kappa shape index (κ3) is 5.02. The number of aromatic nitrogens is 1. The number of aryl methyl sites for hydroxylation is 2. The molecule has 0 spiro atoms. The average Bonchev–Trinajstić information content (AvgIpc) is 3.20. The van der Waals surface area contributed by atoms with Gasteiger partial charge in [0.1, 0.15) is 0 Å². The first kappa shape index (κ1) is 20.9. The van der Waals surface area contributed by atoms with Crippen molar-refractivity contribution in [1.82, 2.24) is 9.47 Å². The maximum atomic E-state index is 12.8. The second-order valence-electron chi connectivity index (χ2n) is 8.59. The molecular weight excluding hydrogens is 368 g/mol. The molecule has 0 saturated carbocycles. The van der Waals surface area contributed by atoms with E-state index in [9.17, 15) is 4.79 Å². The van der Waals surface area contributed by atoms with Gasteiger partial charge >= 0.3 is 0 Å². The van der Waals surface area contributed by atoms with Crippen LogP contribution in [0.3, 0.4) is 0 Å². The van der Waals surface area contributed by atoms with Crippen molar-refractivity contribution in [2.24, 2.45) is 0 Å². The minimum atomic E-state index is 0.308. The predicted molar refractivity (Wildman–Crippen MR) is 125 cm³/mol. The lowest BCUT2D eigenvalue weighted by Crippen LogP contribution is -2.27. The fraction of sp³-hybridized carbons (Fsp3) is 0.444. The van der Waals surface area contributed by atoms with Crippen LogP contribution >= 0.6 is 0 Å². The summed E-state index contributed by atoms with van der Waals surface area (Å²) in [4.78, 5) is 15.3. The Balaban J connectivity index is 1.21. The second kappa shape index (κ2) is 10.1. The van der Waals surface area contributed by atoms with E-state index in [2.05, 4.69) is 71.1 Å². The Bertz CT molecular complexity index is 973. The van der Waals surface area contributed by atoms with Crippen LogP contribution in [0.15, 0.2) is 54.7 Å². The lowest BCUT2D eigenvalue weighted by molar-refractivity contribution is 0.0978. The standard InChI is InChI=1S/C27H34N2O/c1-2-28(18-14-22-10-5-3-6-11-22)16-8-4-7-13-26(30)25-20-23-12-9-17-29-19-15-24(21-25)27(23)29/h3,5-6,10-11,15,19-21H,2,4,7-9,12-14,16-18H2,1H3. The maximum absolute atomic E-state index is 12.8. The fourth-order valence-corrected chi connectivity index (χ4v) is 4.72.